The van der Waals surface area contributed by atoms with Crippen LogP contribution in [0.1, 0.15) is 46.0 Å². The summed E-state index contributed by atoms with van der Waals surface area (Å²) < 4.78 is 5.72. The molecule has 3 nitrogen and oxygen atoms in total. The van der Waals surface area contributed by atoms with Crippen LogP contribution in [0.15, 0.2) is 0 Å². The average Bonchev–Trinajstić information content (AvgIpc) is 2.30. The predicted octanol–water partition coefficient (Wildman–Crippen LogP) is 2.82. The molecule has 0 aromatic carbocycles. The van der Waals surface area contributed by atoms with Gasteiger partial charge in [-0.1, -0.05) is 0 Å². The minimum atomic E-state index is -0.178. The molecule has 0 radical (unpaired) electrons. The van der Waals surface area contributed by atoms with Gasteiger partial charge in [0.1, 0.15) is 0 Å². The molecular formula is C14H26N2O. The van der Waals surface area contributed by atoms with Gasteiger partial charge in [0.2, 0.25) is 0 Å². The minimum absolute atomic E-state index is 0.178. The summed E-state index contributed by atoms with van der Waals surface area (Å²) in [6, 6.07) is 2.35. The molecule has 1 aliphatic heterocycles. The maximum Gasteiger partial charge on any atom is 0.0701 e. The normalized spacial score (nSPS) is 21.5. The van der Waals surface area contributed by atoms with Gasteiger partial charge in [-0.15, -0.1) is 0 Å². The van der Waals surface area contributed by atoms with Crippen molar-refractivity contribution in [3.8, 4) is 6.07 Å². The van der Waals surface area contributed by atoms with Crippen LogP contribution in [0.2, 0.25) is 0 Å². The van der Waals surface area contributed by atoms with Crippen molar-refractivity contribution in [3.05, 3.63) is 0 Å². The molecule has 0 aromatic rings. The molecule has 1 saturated heterocycles. The summed E-state index contributed by atoms with van der Waals surface area (Å²) in [7, 11) is 2.15. The monoisotopic (exact) mass is 238 g/mol. The smallest absolute Gasteiger partial charge is 0.0701 e. The Kier molecular flexibility index (Phi) is 5.94. The molecule has 1 aliphatic rings. The third kappa shape index (κ3) is 6.05. The fourth-order valence-electron chi connectivity index (χ4n) is 2.24. The predicted molar refractivity (Wildman–Crippen MR) is 69.7 cm³/mol. The molecule has 1 heterocycles. The van der Waals surface area contributed by atoms with E-state index in [1.54, 1.807) is 0 Å². The first-order valence-corrected chi connectivity index (χ1v) is 6.75. The van der Waals surface area contributed by atoms with Crippen molar-refractivity contribution in [2.75, 3.05) is 26.7 Å². The first kappa shape index (κ1) is 14.5. The molecule has 17 heavy (non-hydrogen) atoms. The lowest BCUT2D eigenvalue weighted by atomic mass is 9.90. The number of likely N-dealkylation sites (N-methyl/N-ethyl adjacent to an activating group) is 1. The Morgan fingerprint density at radius 3 is 2.76 bits per heavy atom. The minimum Gasteiger partial charge on any atom is -0.377 e. The zero-order valence-corrected chi connectivity index (χ0v) is 11.5. The van der Waals surface area contributed by atoms with E-state index in [4.69, 9.17) is 10.00 Å². The summed E-state index contributed by atoms with van der Waals surface area (Å²) in [5.74, 6) is 0. The Labute approximate surface area is 106 Å². The molecule has 0 aromatic heterocycles. The molecule has 3 heteroatoms. The highest BCUT2D eigenvalue weighted by Crippen LogP contribution is 2.21. The molecule has 0 spiro atoms. The van der Waals surface area contributed by atoms with E-state index in [0.29, 0.717) is 6.10 Å². The zero-order chi connectivity index (χ0) is 12.7. The summed E-state index contributed by atoms with van der Waals surface area (Å²) in [6.45, 7) is 7.05. The van der Waals surface area contributed by atoms with Gasteiger partial charge >= 0.3 is 0 Å². The Bertz CT molecular complexity index is 251. The summed E-state index contributed by atoms with van der Waals surface area (Å²) in [5, 5.41) is 8.94. The fourth-order valence-corrected chi connectivity index (χ4v) is 2.24. The van der Waals surface area contributed by atoms with Gasteiger partial charge in [0, 0.05) is 13.2 Å². The number of rotatable bonds is 6. The Hall–Kier alpha value is -0.590. The second kappa shape index (κ2) is 6.98. The first-order chi connectivity index (χ1) is 8.03. The number of hydrogen-bond acceptors (Lipinski definition) is 3. The molecule has 0 saturated carbocycles. The van der Waals surface area contributed by atoms with E-state index in [0.717, 1.165) is 32.5 Å². The van der Waals surface area contributed by atoms with Crippen molar-refractivity contribution >= 4 is 0 Å². The second-order valence-electron chi connectivity index (χ2n) is 5.85. The van der Waals surface area contributed by atoms with Crippen LogP contribution in [-0.2, 0) is 4.74 Å². The van der Waals surface area contributed by atoms with Crippen molar-refractivity contribution in [2.24, 2.45) is 5.41 Å². The standard InChI is InChI=1S/C14H26N2O/c1-14(2,12-15)8-6-9-16(3)11-13-7-4-5-10-17-13/h13H,4-11H2,1-3H3. The lowest BCUT2D eigenvalue weighted by Crippen LogP contribution is -2.34. The molecule has 1 unspecified atom stereocenters. The van der Waals surface area contributed by atoms with Crippen molar-refractivity contribution in [1.82, 2.24) is 4.90 Å². The quantitative estimate of drug-likeness (QED) is 0.714. The molecule has 98 valence electrons. The molecule has 0 bridgehead atoms. The SMILES string of the molecule is CN(CCCC(C)(C)C#N)CC1CCCCO1. The van der Waals surface area contributed by atoms with Gasteiger partial charge in [0.05, 0.1) is 17.6 Å². The van der Waals surface area contributed by atoms with E-state index in [-0.39, 0.29) is 5.41 Å². The Balaban J connectivity index is 2.12. The van der Waals surface area contributed by atoms with E-state index >= 15 is 0 Å². The third-order valence-corrected chi connectivity index (χ3v) is 3.43. The van der Waals surface area contributed by atoms with Crippen LogP contribution in [0.3, 0.4) is 0 Å². The molecular weight excluding hydrogens is 212 g/mol. The van der Waals surface area contributed by atoms with Gasteiger partial charge in [-0.25, -0.2) is 0 Å². The molecule has 0 aliphatic carbocycles. The Morgan fingerprint density at radius 2 is 2.18 bits per heavy atom. The average molecular weight is 238 g/mol. The van der Waals surface area contributed by atoms with Crippen LogP contribution in [-0.4, -0.2) is 37.7 Å². The van der Waals surface area contributed by atoms with Gasteiger partial charge in [0.25, 0.3) is 0 Å². The number of hydrogen-bond donors (Lipinski definition) is 0. The van der Waals surface area contributed by atoms with E-state index in [1.165, 1.54) is 19.3 Å². The maximum atomic E-state index is 8.94. The van der Waals surface area contributed by atoms with Crippen LogP contribution in [0.5, 0.6) is 0 Å². The van der Waals surface area contributed by atoms with Crippen molar-refractivity contribution in [3.63, 3.8) is 0 Å². The van der Waals surface area contributed by atoms with E-state index in [1.807, 2.05) is 13.8 Å². The van der Waals surface area contributed by atoms with Crippen LogP contribution >= 0.6 is 0 Å². The second-order valence-corrected chi connectivity index (χ2v) is 5.85. The molecule has 0 amide bonds. The topological polar surface area (TPSA) is 36.3 Å². The van der Waals surface area contributed by atoms with Crippen LogP contribution < -0.4 is 0 Å². The molecule has 1 atom stereocenters. The van der Waals surface area contributed by atoms with Gasteiger partial charge in [-0.3, -0.25) is 0 Å². The highest BCUT2D eigenvalue weighted by atomic mass is 16.5. The van der Waals surface area contributed by atoms with Crippen molar-refractivity contribution in [2.45, 2.75) is 52.1 Å². The highest BCUT2D eigenvalue weighted by Gasteiger charge is 2.18. The first-order valence-electron chi connectivity index (χ1n) is 6.75. The maximum absolute atomic E-state index is 8.94. The number of nitriles is 1. The number of ether oxygens (including phenoxy) is 1. The summed E-state index contributed by atoms with van der Waals surface area (Å²) in [5.41, 5.74) is -0.178. The van der Waals surface area contributed by atoms with Gasteiger partial charge in [0.15, 0.2) is 0 Å². The van der Waals surface area contributed by atoms with E-state index in [9.17, 15) is 0 Å². The largest absolute Gasteiger partial charge is 0.377 e. The highest BCUT2D eigenvalue weighted by molar-refractivity contribution is 4.91. The lowest BCUT2D eigenvalue weighted by Gasteiger charge is -2.27. The molecule has 1 fully saturated rings. The van der Waals surface area contributed by atoms with Gasteiger partial charge < -0.3 is 9.64 Å². The van der Waals surface area contributed by atoms with Crippen LogP contribution in [0, 0.1) is 16.7 Å². The van der Waals surface area contributed by atoms with Crippen LogP contribution in [0.4, 0.5) is 0 Å². The summed E-state index contributed by atoms with van der Waals surface area (Å²) in [4.78, 5) is 2.34. The summed E-state index contributed by atoms with van der Waals surface area (Å²) in [6.07, 6.45) is 6.21. The lowest BCUT2D eigenvalue weighted by molar-refractivity contribution is -0.00177. The molecule has 0 N–H and O–H groups in total. The van der Waals surface area contributed by atoms with Crippen LogP contribution in [0.25, 0.3) is 0 Å². The van der Waals surface area contributed by atoms with E-state index < -0.39 is 0 Å². The van der Waals surface area contributed by atoms with Gasteiger partial charge in [-0.2, -0.15) is 5.26 Å². The van der Waals surface area contributed by atoms with Gasteiger partial charge in [-0.05, 0) is 59.5 Å². The zero-order valence-electron chi connectivity index (χ0n) is 11.5. The summed E-state index contributed by atoms with van der Waals surface area (Å²) >= 11 is 0. The molecule has 1 rings (SSSR count). The van der Waals surface area contributed by atoms with Crippen molar-refractivity contribution in [1.29, 1.82) is 5.26 Å². The van der Waals surface area contributed by atoms with E-state index in [2.05, 4.69) is 18.0 Å². The van der Waals surface area contributed by atoms with Crippen molar-refractivity contribution < 1.29 is 4.74 Å². The fraction of sp³-hybridized carbons (Fsp3) is 0.929. The third-order valence-electron chi connectivity index (χ3n) is 3.43. The Morgan fingerprint density at radius 1 is 1.41 bits per heavy atom. The number of nitrogens with zero attached hydrogens (tertiary/aromatic N) is 2.